The van der Waals surface area contributed by atoms with Crippen molar-refractivity contribution in [2.24, 2.45) is 5.41 Å². The summed E-state index contributed by atoms with van der Waals surface area (Å²) in [5, 5.41) is -3.60. The van der Waals surface area contributed by atoms with Crippen molar-refractivity contribution in [3.05, 3.63) is 0 Å². The van der Waals surface area contributed by atoms with Gasteiger partial charge in [-0.1, -0.05) is 0 Å². The van der Waals surface area contributed by atoms with Crippen LogP contribution in [0.1, 0.15) is 0 Å². The van der Waals surface area contributed by atoms with Crippen molar-refractivity contribution in [2.75, 3.05) is 0 Å². The molecular weight excluding hydrogens is 282 g/mol. The number of rotatable bonds is 1. The molecule has 0 fully saturated rings. The fraction of sp³-hybridized carbons (Fsp3) is 0.800. The second-order valence-electron chi connectivity index (χ2n) is 2.52. The minimum atomic E-state index is -6.93. The Kier molecular flexibility index (Phi) is 3.52. The first kappa shape index (κ1) is 15.3. The zero-order chi connectivity index (χ0) is 13.6. The molecule has 0 spiro atoms. The van der Waals surface area contributed by atoms with Gasteiger partial charge < -0.3 is 0 Å². The first-order chi connectivity index (χ1) is 6.69. The third kappa shape index (κ3) is 1.94. The largest absolute Gasteiger partial charge is 0.420 e. The number of carbonyl (C=O) groups is 1. The molecule has 0 aliphatic heterocycles. The Labute approximate surface area is 86.2 Å². The molecule has 96 valence electrons. The van der Waals surface area contributed by atoms with Gasteiger partial charge in [0.25, 0.3) is 5.24 Å². The second-order valence-corrected chi connectivity index (χ2v) is 2.86. The Morgan fingerprint density at radius 2 is 0.875 bits per heavy atom. The summed E-state index contributed by atoms with van der Waals surface area (Å²) in [6.45, 7) is 0. The van der Waals surface area contributed by atoms with Gasteiger partial charge in [0.2, 0.25) is 0 Å². The zero-order valence-corrected chi connectivity index (χ0v) is 7.44. The maximum Gasteiger partial charge on any atom is 0.420 e. The van der Waals surface area contributed by atoms with Gasteiger partial charge in [-0.15, -0.1) is 0 Å². The van der Waals surface area contributed by atoms with E-state index >= 15 is 0 Å². The molecule has 0 atom stereocenters. The average molecular weight is 282 g/mol. The molecule has 0 bridgehead atoms. The van der Waals surface area contributed by atoms with Crippen molar-refractivity contribution in [2.45, 2.75) is 18.5 Å². The van der Waals surface area contributed by atoms with Gasteiger partial charge in [-0.3, -0.25) is 4.79 Å². The summed E-state index contributed by atoms with van der Waals surface area (Å²) in [7, 11) is 0. The molecule has 0 heterocycles. The van der Waals surface area contributed by atoms with E-state index < -0.39 is 29.2 Å². The van der Waals surface area contributed by atoms with Gasteiger partial charge in [0, 0.05) is 0 Å². The maximum absolute atomic E-state index is 11.9. The summed E-state index contributed by atoms with van der Waals surface area (Å²) in [5.74, 6) is 0. The molecule has 1 nitrogen and oxygen atoms in total. The molecule has 0 amide bonds. The van der Waals surface area contributed by atoms with Crippen LogP contribution < -0.4 is 0 Å². The van der Waals surface area contributed by atoms with Gasteiger partial charge >= 0.3 is 23.9 Å². The van der Waals surface area contributed by atoms with Crippen LogP contribution in [0.2, 0.25) is 0 Å². The number of hydrogen-bond donors (Lipinski definition) is 0. The highest BCUT2D eigenvalue weighted by molar-refractivity contribution is 6.65. The van der Waals surface area contributed by atoms with E-state index in [4.69, 9.17) is 0 Å². The van der Waals surface area contributed by atoms with E-state index in [-0.39, 0.29) is 0 Å². The van der Waals surface area contributed by atoms with Gasteiger partial charge in [-0.2, -0.15) is 39.5 Å². The van der Waals surface area contributed by atoms with Crippen LogP contribution in [0.5, 0.6) is 0 Å². The Hall–Kier alpha value is -0.670. The lowest BCUT2D eigenvalue weighted by Gasteiger charge is -2.35. The quantitative estimate of drug-likeness (QED) is 0.532. The minimum absolute atomic E-state index is 3.60. The van der Waals surface area contributed by atoms with Crippen molar-refractivity contribution >= 4 is 16.8 Å². The molecule has 0 saturated carbocycles. The van der Waals surface area contributed by atoms with Crippen LogP contribution in [-0.4, -0.2) is 23.8 Å². The topological polar surface area (TPSA) is 17.1 Å². The predicted octanol–water partition coefficient (Wildman–Crippen LogP) is 3.43. The first-order valence-corrected chi connectivity index (χ1v) is 3.47. The highest BCUT2D eigenvalue weighted by atomic mass is 35.5. The summed E-state index contributed by atoms with van der Waals surface area (Å²) >= 11 is 3.86. The van der Waals surface area contributed by atoms with Crippen LogP contribution in [0, 0.1) is 5.41 Å². The molecule has 0 aliphatic carbocycles. The van der Waals surface area contributed by atoms with Crippen LogP contribution >= 0.6 is 11.6 Å². The zero-order valence-electron chi connectivity index (χ0n) is 6.69. The Balaban J connectivity index is 6.17. The van der Waals surface area contributed by atoms with E-state index in [1.54, 1.807) is 0 Å². The minimum Gasteiger partial charge on any atom is -0.280 e. The Morgan fingerprint density at radius 1 is 0.688 bits per heavy atom. The predicted molar refractivity (Wildman–Crippen MR) is 31.5 cm³/mol. The van der Waals surface area contributed by atoms with E-state index in [2.05, 4.69) is 11.6 Å². The molecule has 0 aromatic heterocycles. The van der Waals surface area contributed by atoms with E-state index in [1.807, 2.05) is 0 Å². The second kappa shape index (κ2) is 3.67. The van der Waals surface area contributed by atoms with Gasteiger partial charge in [-0.25, -0.2) is 0 Å². The summed E-state index contributed by atoms with van der Waals surface area (Å²) in [6, 6.07) is 0. The molecule has 0 aromatic carbocycles. The van der Waals surface area contributed by atoms with Crippen molar-refractivity contribution in [1.29, 1.82) is 0 Å². The Bertz CT molecular complexity index is 248. The molecule has 0 N–H and O–H groups in total. The van der Waals surface area contributed by atoms with Crippen molar-refractivity contribution < 1.29 is 44.3 Å². The molecule has 0 saturated heterocycles. The van der Waals surface area contributed by atoms with Gasteiger partial charge in [0.15, 0.2) is 0 Å². The average Bonchev–Trinajstić information content (AvgIpc) is 1.71. The SMILES string of the molecule is O=C(Cl)C(C(F)(F)F)(C(F)(F)F)C(F)(F)F. The molecule has 0 rings (SSSR count). The fourth-order valence-corrected chi connectivity index (χ4v) is 1.14. The van der Waals surface area contributed by atoms with E-state index in [9.17, 15) is 44.3 Å². The van der Waals surface area contributed by atoms with Crippen LogP contribution in [0.15, 0.2) is 0 Å². The van der Waals surface area contributed by atoms with Crippen LogP contribution in [-0.2, 0) is 4.79 Å². The molecule has 11 heteroatoms. The summed E-state index contributed by atoms with van der Waals surface area (Å²) < 4.78 is 107. The summed E-state index contributed by atoms with van der Waals surface area (Å²) in [5.41, 5.74) is -6.56. The first-order valence-electron chi connectivity index (χ1n) is 3.09. The fourth-order valence-electron chi connectivity index (χ4n) is 0.816. The molecule has 0 radical (unpaired) electrons. The number of halogens is 10. The lowest BCUT2D eigenvalue weighted by Crippen LogP contribution is -2.63. The maximum atomic E-state index is 11.9. The molecule has 0 unspecified atom stereocenters. The van der Waals surface area contributed by atoms with Gasteiger partial charge in [-0.05, 0) is 11.6 Å². The summed E-state index contributed by atoms with van der Waals surface area (Å²) in [6.07, 6.45) is -20.8. The number of carbonyl (C=O) groups excluding carboxylic acids is 1. The lowest BCUT2D eigenvalue weighted by atomic mass is 9.87. The highest BCUT2D eigenvalue weighted by Crippen LogP contribution is 2.60. The number of hydrogen-bond acceptors (Lipinski definition) is 1. The van der Waals surface area contributed by atoms with Crippen LogP contribution in [0.4, 0.5) is 39.5 Å². The van der Waals surface area contributed by atoms with Gasteiger partial charge in [0.05, 0.1) is 0 Å². The van der Waals surface area contributed by atoms with Gasteiger partial charge in [0.1, 0.15) is 0 Å². The molecule has 16 heavy (non-hydrogen) atoms. The smallest absolute Gasteiger partial charge is 0.280 e. The van der Waals surface area contributed by atoms with E-state index in [0.717, 1.165) is 0 Å². The standard InChI is InChI=1S/C5ClF9O/c6-1(16)2(3(7,8)9,4(10,11)12)5(13,14)15. The normalized spacial score (nSPS) is 15.1. The molecule has 0 aliphatic rings. The lowest BCUT2D eigenvalue weighted by molar-refractivity contribution is -0.403. The van der Waals surface area contributed by atoms with Crippen LogP contribution in [0.25, 0.3) is 0 Å². The third-order valence-electron chi connectivity index (χ3n) is 1.57. The summed E-state index contributed by atoms with van der Waals surface area (Å²) in [4.78, 5) is 10.0. The van der Waals surface area contributed by atoms with Crippen molar-refractivity contribution in [3.63, 3.8) is 0 Å². The Morgan fingerprint density at radius 3 is 0.875 bits per heavy atom. The van der Waals surface area contributed by atoms with Crippen molar-refractivity contribution in [1.82, 2.24) is 0 Å². The molecule has 0 aromatic rings. The molecular formula is C5ClF9O. The highest BCUT2D eigenvalue weighted by Gasteiger charge is 2.87. The third-order valence-corrected chi connectivity index (χ3v) is 1.85. The van der Waals surface area contributed by atoms with E-state index in [1.165, 1.54) is 0 Å². The number of alkyl halides is 9. The monoisotopic (exact) mass is 282 g/mol. The van der Waals surface area contributed by atoms with E-state index in [0.29, 0.717) is 0 Å². The van der Waals surface area contributed by atoms with Crippen LogP contribution in [0.3, 0.4) is 0 Å². The van der Waals surface area contributed by atoms with Crippen molar-refractivity contribution in [3.8, 4) is 0 Å².